The summed E-state index contributed by atoms with van der Waals surface area (Å²) < 4.78 is 17.7. The van der Waals surface area contributed by atoms with E-state index >= 15 is 0 Å². The Morgan fingerprint density at radius 2 is 1.77 bits per heavy atom. The van der Waals surface area contributed by atoms with Crippen molar-refractivity contribution in [3.05, 3.63) is 90.1 Å². The maximum absolute atomic E-state index is 12.1. The van der Waals surface area contributed by atoms with Gasteiger partial charge in [-0.25, -0.2) is 4.79 Å². The van der Waals surface area contributed by atoms with Crippen molar-refractivity contribution in [2.24, 2.45) is 0 Å². The van der Waals surface area contributed by atoms with Crippen LogP contribution in [0, 0.1) is 11.3 Å². The van der Waals surface area contributed by atoms with Crippen LogP contribution in [0.1, 0.15) is 21.9 Å². The number of hydrogen-bond donors (Lipinski definition) is 0. The maximum Gasteiger partial charge on any atom is 0.379 e. The van der Waals surface area contributed by atoms with Gasteiger partial charge in [0, 0.05) is 13.1 Å². The van der Waals surface area contributed by atoms with Gasteiger partial charge in [0.05, 0.1) is 30.7 Å². The number of hydrogen-bond acceptors (Lipinski definition) is 8. The van der Waals surface area contributed by atoms with Gasteiger partial charge in [-0.2, -0.15) is 5.26 Å². The number of ether oxygens (including phenoxy) is 2. The number of carbonyl (C=O) groups excluding carboxylic acids is 1. The number of allylic oxidation sites excluding steroid dienone is 1. The summed E-state index contributed by atoms with van der Waals surface area (Å²) in [6.07, 6.45) is 3.14. The zero-order chi connectivity index (χ0) is 24.0. The summed E-state index contributed by atoms with van der Waals surface area (Å²) in [5.74, 6) is 1.01. The summed E-state index contributed by atoms with van der Waals surface area (Å²) in [7, 11) is 0. The Morgan fingerprint density at radius 1 is 1.00 bits per heavy atom. The molecule has 174 valence electrons. The molecule has 3 heterocycles. The molecule has 9 nitrogen and oxygen atoms in total. The third-order valence-corrected chi connectivity index (χ3v) is 5.44. The Hall–Kier alpha value is -4.68. The second kappa shape index (κ2) is 10.1. The first-order valence-corrected chi connectivity index (χ1v) is 11.0. The lowest BCUT2D eigenvalue weighted by Crippen LogP contribution is -2.38. The number of anilines is 1. The Kier molecular flexibility index (Phi) is 6.37. The van der Waals surface area contributed by atoms with Crippen molar-refractivity contribution in [1.82, 2.24) is 14.8 Å². The van der Waals surface area contributed by atoms with Crippen LogP contribution in [0.2, 0.25) is 0 Å². The van der Waals surface area contributed by atoms with Gasteiger partial charge >= 0.3 is 5.97 Å². The van der Waals surface area contributed by atoms with Gasteiger partial charge in [-0.3, -0.25) is 4.57 Å². The van der Waals surface area contributed by atoms with Gasteiger partial charge in [0.15, 0.2) is 5.82 Å². The molecule has 9 heteroatoms. The van der Waals surface area contributed by atoms with E-state index in [1.54, 1.807) is 36.4 Å². The molecule has 0 unspecified atom stereocenters. The third kappa shape index (κ3) is 4.83. The molecule has 35 heavy (non-hydrogen) atoms. The molecule has 5 rings (SSSR count). The van der Waals surface area contributed by atoms with Gasteiger partial charge in [-0.05, 0) is 48.0 Å². The van der Waals surface area contributed by atoms with Crippen LogP contribution < -0.4 is 9.64 Å². The van der Waals surface area contributed by atoms with Crippen LogP contribution in [0.3, 0.4) is 0 Å². The normalized spacial score (nSPS) is 13.9. The number of carbonyl (C=O) groups is 1. The number of benzene rings is 2. The number of rotatable bonds is 6. The second-order valence-electron chi connectivity index (χ2n) is 7.70. The van der Waals surface area contributed by atoms with E-state index in [2.05, 4.69) is 21.2 Å². The van der Waals surface area contributed by atoms with Crippen LogP contribution in [0.15, 0.2) is 77.4 Å². The first-order chi connectivity index (χ1) is 17.2. The Balaban J connectivity index is 1.45. The van der Waals surface area contributed by atoms with E-state index in [-0.39, 0.29) is 5.76 Å². The van der Waals surface area contributed by atoms with E-state index in [1.165, 1.54) is 12.3 Å². The average Bonchev–Trinajstić information content (AvgIpc) is 3.60. The topological polar surface area (TPSA) is 106 Å². The highest BCUT2D eigenvalue weighted by Gasteiger charge is 2.23. The number of nitriles is 1. The molecule has 1 saturated heterocycles. The fraction of sp³-hybridized carbons (Fsp3) is 0.154. The molecule has 0 bridgehead atoms. The zero-order valence-electron chi connectivity index (χ0n) is 18.7. The minimum Gasteiger partial charge on any atom is -0.457 e. The van der Waals surface area contributed by atoms with E-state index < -0.39 is 5.97 Å². The summed E-state index contributed by atoms with van der Waals surface area (Å²) in [6, 6.07) is 21.9. The quantitative estimate of drug-likeness (QED) is 0.238. The number of para-hydroxylation sites is 1. The lowest BCUT2D eigenvalue weighted by molar-refractivity contribution is 0.0701. The van der Waals surface area contributed by atoms with Crippen LogP contribution in [-0.4, -0.2) is 47.0 Å². The van der Waals surface area contributed by atoms with Crippen molar-refractivity contribution in [2.45, 2.75) is 0 Å². The van der Waals surface area contributed by atoms with E-state index in [0.717, 1.165) is 11.3 Å². The molecule has 0 radical (unpaired) electrons. The first-order valence-electron chi connectivity index (χ1n) is 11.0. The molecule has 0 aliphatic carbocycles. The highest BCUT2D eigenvalue weighted by molar-refractivity contribution is 5.89. The largest absolute Gasteiger partial charge is 0.457 e. The van der Waals surface area contributed by atoms with Crippen LogP contribution in [0.5, 0.6) is 5.75 Å². The Bertz CT molecular complexity index is 1360. The van der Waals surface area contributed by atoms with Crippen molar-refractivity contribution in [3.63, 3.8) is 0 Å². The Morgan fingerprint density at radius 3 is 2.46 bits per heavy atom. The minimum atomic E-state index is -0.581. The van der Waals surface area contributed by atoms with E-state index in [9.17, 15) is 10.1 Å². The summed E-state index contributed by atoms with van der Waals surface area (Å²) >= 11 is 0. The van der Waals surface area contributed by atoms with Gasteiger partial charge in [0.2, 0.25) is 11.7 Å². The predicted molar refractivity (Wildman–Crippen MR) is 128 cm³/mol. The molecule has 0 amide bonds. The molecule has 1 fully saturated rings. The summed E-state index contributed by atoms with van der Waals surface area (Å²) in [5.41, 5.74) is 1.95. The summed E-state index contributed by atoms with van der Waals surface area (Å²) in [5, 5.41) is 18.8. The zero-order valence-corrected chi connectivity index (χ0v) is 18.7. The van der Waals surface area contributed by atoms with E-state index in [1.807, 2.05) is 34.9 Å². The standard InChI is InChI=1S/C26H21N5O4/c27-18-20(17-19-8-10-22(11-9-19)35-25(32)23-7-4-14-34-23)24-28-29-26(30-12-15-33-16-13-30)31(24)21-5-2-1-3-6-21/h1-11,14,17H,12-13,15-16H2. The molecule has 0 spiro atoms. The molecule has 4 aromatic rings. The monoisotopic (exact) mass is 467 g/mol. The number of aromatic nitrogens is 3. The molecule has 1 aliphatic heterocycles. The molecule has 0 N–H and O–H groups in total. The number of esters is 1. The van der Waals surface area contributed by atoms with Crippen molar-refractivity contribution >= 4 is 23.6 Å². The van der Waals surface area contributed by atoms with Gasteiger partial charge in [-0.15, -0.1) is 10.2 Å². The van der Waals surface area contributed by atoms with Crippen LogP contribution >= 0.6 is 0 Å². The van der Waals surface area contributed by atoms with Crippen molar-refractivity contribution in [1.29, 1.82) is 5.26 Å². The molecule has 0 saturated carbocycles. The van der Waals surface area contributed by atoms with Crippen LogP contribution in [0.25, 0.3) is 17.3 Å². The average molecular weight is 467 g/mol. The second-order valence-corrected chi connectivity index (χ2v) is 7.70. The van der Waals surface area contributed by atoms with Crippen molar-refractivity contribution < 1.29 is 18.7 Å². The van der Waals surface area contributed by atoms with Crippen LogP contribution in [0.4, 0.5) is 5.95 Å². The molecule has 0 atom stereocenters. The molecule has 2 aromatic carbocycles. The highest BCUT2D eigenvalue weighted by atomic mass is 16.5. The summed E-state index contributed by atoms with van der Waals surface area (Å²) in [4.78, 5) is 14.2. The molecule has 2 aromatic heterocycles. The lowest BCUT2D eigenvalue weighted by atomic mass is 10.1. The van der Waals surface area contributed by atoms with Gasteiger partial charge in [0.25, 0.3) is 0 Å². The van der Waals surface area contributed by atoms with Crippen molar-refractivity contribution in [3.8, 4) is 17.5 Å². The SMILES string of the molecule is N#CC(=Cc1ccc(OC(=O)c2ccco2)cc1)c1nnc(N2CCOCC2)n1-c1ccccc1. The van der Waals surface area contributed by atoms with E-state index in [4.69, 9.17) is 13.9 Å². The first kappa shape index (κ1) is 22.1. The predicted octanol–water partition coefficient (Wildman–Crippen LogP) is 3.98. The van der Waals surface area contributed by atoms with E-state index in [0.29, 0.717) is 49.4 Å². The molecule has 1 aliphatic rings. The molecular weight excluding hydrogens is 446 g/mol. The number of furan rings is 1. The highest BCUT2D eigenvalue weighted by Crippen LogP contribution is 2.27. The van der Waals surface area contributed by atoms with Crippen LogP contribution in [-0.2, 0) is 4.74 Å². The smallest absolute Gasteiger partial charge is 0.379 e. The maximum atomic E-state index is 12.1. The fourth-order valence-electron chi connectivity index (χ4n) is 3.73. The Labute approximate surface area is 201 Å². The number of nitrogens with zero attached hydrogens (tertiary/aromatic N) is 5. The minimum absolute atomic E-state index is 0.122. The number of morpholine rings is 1. The third-order valence-electron chi connectivity index (χ3n) is 5.44. The van der Waals surface area contributed by atoms with Crippen molar-refractivity contribution in [2.75, 3.05) is 31.2 Å². The van der Waals surface area contributed by atoms with Gasteiger partial charge in [-0.1, -0.05) is 30.3 Å². The van der Waals surface area contributed by atoms with Gasteiger partial charge in [0.1, 0.15) is 11.8 Å². The van der Waals surface area contributed by atoms with Gasteiger partial charge < -0.3 is 18.8 Å². The fourth-order valence-corrected chi connectivity index (χ4v) is 3.73. The molecular formula is C26H21N5O4. The lowest BCUT2D eigenvalue weighted by Gasteiger charge is -2.28. The summed E-state index contributed by atoms with van der Waals surface area (Å²) in [6.45, 7) is 2.59.